The number of nitrogens with one attached hydrogen (secondary N) is 1. The molecule has 0 amide bonds. The molecule has 1 aromatic heterocycles. The average Bonchev–Trinajstić information content (AvgIpc) is 2.57. The molecule has 4 heteroatoms. The molecule has 1 aliphatic rings. The molecule has 0 spiro atoms. The fraction of sp³-hybridized carbons (Fsp3) is 0.211. The molecule has 0 saturated carbocycles. The minimum atomic E-state index is 0.353. The van der Waals surface area contributed by atoms with Crippen molar-refractivity contribution in [3.63, 3.8) is 0 Å². The summed E-state index contributed by atoms with van der Waals surface area (Å²) in [5, 5.41) is 3.96. The van der Waals surface area contributed by atoms with E-state index in [2.05, 4.69) is 35.9 Å². The zero-order valence-electron chi connectivity index (χ0n) is 13.3. The summed E-state index contributed by atoms with van der Waals surface area (Å²) in [6.45, 7) is 6.29. The van der Waals surface area contributed by atoms with E-state index in [0.717, 1.165) is 23.5 Å². The van der Waals surface area contributed by atoms with Gasteiger partial charge in [0.15, 0.2) is 0 Å². The standard InChI is InChI=1S/C19H19ClN2O/c1-12-9-16(14-7-5-4-6-8-14)18(22-13(12)2)19-17(20)10-15(23-3)11-21-19/h4-8,10-12,22H,2,9H2,1,3H3. The van der Waals surface area contributed by atoms with E-state index in [1.807, 2.05) is 18.2 Å². The van der Waals surface area contributed by atoms with Crippen LogP contribution >= 0.6 is 11.6 Å². The van der Waals surface area contributed by atoms with Crippen LogP contribution in [0.25, 0.3) is 11.3 Å². The molecule has 3 rings (SSSR count). The summed E-state index contributed by atoms with van der Waals surface area (Å²) in [7, 11) is 1.60. The molecule has 0 radical (unpaired) electrons. The second kappa shape index (κ2) is 6.47. The molecular formula is C19H19ClN2O. The number of halogens is 1. The van der Waals surface area contributed by atoms with Crippen molar-refractivity contribution in [1.29, 1.82) is 0 Å². The highest BCUT2D eigenvalue weighted by atomic mass is 35.5. The molecule has 0 saturated heterocycles. The Balaban J connectivity index is 2.16. The molecule has 1 aliphatic heterocycles. The van der Waals surface area contributed by atoms with Crippen LogP contribution in [0.1, 0.15) is 24.6 Å². The molecule has 0 fully saturated rings. The van der Waals surface area contributed by atoms with Gasteiger partial charge in [-0.15, -0.1) is 0 Å². The van der Waals surface area contributed by atoms with E-state index in [1.165, 1.54) is 11.1 Å². The van der Waals surface area contributed by atoms with E-state index in [1.54, 1.807) is 19.4 Å². The number of hydrogen-bond acceptors (Lipinski definition) is 3. The summed E-state index contributed by atoms with van der Waals surface area (Å²) in [5.74, 6) is 0.995. The van der Waals surface area contributed by atoms with Crippen molar-refractivity contribution in [2.75, 3.05) is 7.11 Å². The van der Waals surface area contributed by atoms with Gasteiger partial charge in [-0.25, -0.2) is 4.98 Å². The molecule has 1 atom stereocenters. The highest BCUT2D eigenvalue weighted by Gasteiger charge is 2.24. The fourth-order valence-corrected chi connectivity index (χ4v) is 2.96. The Kier molecular flexibility index (Phi) is 4.39. The topological polar surface area (TPSA) is 34.2 Å². The Morgan fingerprint density at radius 3 is 2.70 bits per heavy atom. The van der Waals surface area contributed by atoms with Gasteiger partial charge >= 0.3 is 0 Å². The van der Waals surface area contributed by atoms with Crippen molar-refractivity contribution in [3.05, 3.63) is 71.2 Å². The molecule has 118 valence electrons. The monoisotopic (exact) mass is 326 g/mol. The Labute approximate surface area is 141 Å². The quantitative estimate of drug-likeness (QED) is 0.883. The SMILES string of the molecule is C=C1NC(c2ncc(OC)cc2Cl)=C(c2ccccc2)CC1C. The van der Waals surface area contributed by atoms with E-state index in [0.29, 0.717) is 16.7 Å². The van der Waals surface area contributed by atoms with Crippen molar-refractivity contribution in [1.82, 2.24) is 10.3 Å². The smallest absolute Gasteiger partial charge is 0.138 e. The third-order valence-corrected chi connectivity index (χ3v) is 4.39. The molecule has 0 bridgehead atoms. The van der Waals surface area contributed by atoms with E-state index in [-0.39, 0.29) is 0 Å². The summed E-state index contributed by atoms with van der Waals surface area (Å²) in [5.41, 5.74) is 4.99. The highest BCUT2D eigenvalue weighted by molar-refractivity contribution is 6.32. The normalized spacial score (nSPS) is 17.9. The fourth-order valence-electron chi connectivity index (χ4n) is 2.71. The molecule has 3 nitrogen and oxygen atoms in total. The second-order valence-electron chi connectivity index (χ2n) is 5.68. The lowest BCUT2D eigenvalue weighted by molar-refractivity contribution is 0.413. The third kappa shape index (κ3) is 3.10. The average molecular weight is 327 g/mol. The number of methoxy groups -OCH3 is 1. The maximum Gasteiger partial charge on any atom is 0.138 e. The lowest BCUT2D eigenvalue weighted by Gasteiger charge is -2.29. The van der Waals surface area contributed by atoms with Gasteiger partial charge in [-0.1, -0.05) is 55.4 Å². The van der Waals surface area contributed by atoms with E-state index >= 15 is 0 Å². The Bertz CT molecular complexity index is 768. The van der Waals surface area contributed by atoms with Crippen LogP contribution < -0.4 is 10.1 Å². The van der Waals surface area contributed by atoms with Gasteiger partial charge in [0.2, 0.25) is 0 Å². The first-order valence-electron chi connectivity index (χ1n) is 7.54. The van der Waals surface area contributed by atoms with Crippen LogP contribution in [0.15, 0.2) is 54.9 Å². The van der Waals surface area contributed by atoms with Crippen LogP contribution in [0, 0.1) is 5.92 Å². The maximum atomic E-state index is 6.43. The van der Waals surface area contributed by atoms with Crippen LogP contribution in [-0.4, -0.2) is 12.1 Å². The molecule has 2 aromatic rings. The molecule has 2 heterocycles. The Morgan fingerprint density at radius 1 is 1.30 bits per heavy atom. The van der Waals surface area contributed by atoms with Crippen LogP contribution in [0.3, 0.4) is 0 Å². The number of hydrogen-bond donors (Lipinski definition) is 1. The van der Waals surface area contributed by atoms with E-state index < -0.39 is 0 Å². The lowest BCUT2D eigenvalue weighted by atomic mass is 9.87. The largest absolute Gasteiger partial charge is 0.495 e. The predicted octanol–water partition coefficient (Wildman–Crippen LogP) is 4.76. The summed E-state index contributed by atoms with van der Waals surface area (Å²) in [6, 6.07) is 12.1. The number of ether oxygens (including phenoxy) is 1. The second-order valence-corrected chi connectivity index (χ2v) is 6.09. The molecule has 1 N–H and O–H groups in total. The van der Waals surface area contributed by atoms with Crippen molar-refractivity contribution in [3.8, 4) is 5.75 Å². The summed E-state index contributed by atoms with van der Waals surface area (Å²) >= 11 is 6.43. The van der Waals surface area contributed by atoms with Gasteiger partial charge in [-0.3, -0.25) is 0 Å². The molecular weight excluding hydrogens is 308 g/mol. The molecule has 1 unspecified atom stereocenters. The highest BCUT2D eigenvalue weighted by Crippen LogP contribution is 2.38. The van der Waals surface area contributed by atoms with Gasteiger partial charge in [-0.05, 0) is 23.5 Å². The van der Waals surface area contributed by atoms with Crippen LogP contribution in [-0.2, 0) is 0 Å². The first-order chi connectivity index (χ1) is 11.1. The van der Waals surface area contributed by atoms with Crippen LogP contribution in [0.5, 0.6) is 5.75 Å². The molecule has 23 heavy (non-hydrogen) atoms. The first-order valence-corrected chi connectivity index (χ1v) is 7.92. The number of aromatic nitrogens is 1. The first kappa shape index (κ1) is 15.6. The predicted molar refractivity (Wildman–Crippen MR) is 95.1 cm³/mol. The molecule has 1 aromatic carbocycles. The Hall–Kier alpha value is -2.26. The van der Waals surface area contributed by atoms with Crippen molar-refractivity contribution >= 4 is 22.9 Å². The number of allylic oxidation sites excluding steroid dienone is 2. The van der Waals surface area contributed by atoms with Crippen molar-refractivity contribution in [2.45, 2.75) is 13.3 Å². The van der Waals surface area contributed by atoms with E-state index in [4.69, 9.17) is 16.3 Å². The number of nitrogens with zero attached hydrogens (tertiary/aromatic N) is 1. The molecule has 0 aliphatic carbocycles. The zero-order chi connectivity index (χ0) is 16.4. The van der Waals surface area contributed by atoms with Gasteiger partial charge in [0.25, 0.3) is 0 Å². The minimum absolute atomic E-state index is 0.353. The Morgan fingerprint density at radius 2 is 2.04 bits per heavy atom. The number of pyridine rings is 1. The van der Waals surface area contributed by atoms with E-state index in [9.17, 15) is 0 Å². The van der Waals surface area contributed by atoms with Gasteiger partial charge < -0.3 is 10.1 Å². The summed E-state index contributed by atoms with van der Waals surface area (Å²) < 4.78 is 5.19. The van der Waals surface area contributed by atoms with Crippen LogP contribution in [0.4, 0.5) is 0 Å². The zero-order valence-corrected chi connectivity index (χ0v) is 14.0. The maximum absolute atomic E-state index is 6.43. The van der Waals surface area contributed by atoms with Gasteiger partial charge in [0, 0.05) is 11.8 Å². The van der Waals surface area contributed by atoms with Gasteiger partial charge in [0.1, 0.15) is 11.4 Å². The third-order valence-electron chi connectivity index (χ3n) is 4.10. The number of rotatable bonds is 3. The summed E-state index contributed by atoms with van der Waals surface area (Å²) in [4.78, 5) is 4.49. The number of benzene rings is 1. The van der Waals surface area contributed by atoms with Gasteiger partial charge in [-0.2, -0.15) is 0 Å². The minimum Gasteiger partial charge on any atom is -0.495 e. The van der Waals surface area contributed by atoms with Crippen LogP contribution in [0.2, 0.25) is 5.02 Å². The van der Waals surface area contributed by atoms with Crippen molar-refractivity contribution < 1.29 is 4.74 Å². The van der Waals surface area contributed by atoms with Gasteiger partial charge in [0.05, 0.1) is 24.0 Å². The summed E-state index contributed by atoms with van der Waals surface area (Å²) in [6.07, 6.45) is 2.58. The lowest BCUT2D eigenvalue weighted by Crippen LogP contribution is -2.24. The van der Waals surface area contributed by atoms with Crippen molar-refractivity contribution in [2.24, 2.45) is 5.92 Å².